The number of para-hydroxylation sites is 1. The molecule has 0 aliphatic carbocycles. The summed E-state index contributed by atoms with van der Waals surface area (Å²) in [5.74, 6) is -0.298. The number of nitrogens with one attached hydrogen (secondary N) is 1. The number of carbonyl (C=O) groups excluding carboxylic acids is 1. The Bertz CT molecular complexity index is 853. The summed E-state index contributed by atoms with van der Waals surface area (Å²) in [6.45, 7) is 1.21. The number of carbonyl (C=O) groups is 1. The Balaban J connectivity index is 2.10. The van der Waals surface area contributed by atoms with Crippen LogP contribution in [0.2, 0.25) is 10.0 Å². The van der Waals surface area contributed by atoms with Crippen LogP contribution in [0.4, 0.5) is 5.69 Å². The van der Waals surface area contributed by atoms with E-state index in [0.717, 1.165) is 0 Å². The molecular formula is C16H15Cl2NO4S. The molecule has 2 rings (SSSR count). The zero-order valence-corrected chi connectivity index (χ0v) is 15.1. The lowest BCUT2D eigenvalue weighted by molar-refractivity contribution is -0.118. The molecule has 0 aliphatic heterocycles. The van der Waals surface area contributed by atoms with E-state index in [1.807, 2.05) is 0 Å². The van der Waals surface area contributed by atoms with Crippen LogP contribution in [-0.4, -0.2) is 26.7 Å². The molecular weight excluding hydrogens is 373 g/mol. The lowest BCUT2D eigenvalue weighted by Crippen LogP contribution is -2.21. The van der Waals surface area contributed by atoms with E-state index in [2.05, 4.69) is 5.32 Å². The van der Waals surface area contributed by atoms with Crippen molar-refractivity contribution in [3.05, 3.63) is 52.5 Å². The van der Waals surface area contributed by atoms with Crippen LogP contribution in [-0.2, 0) is 14.6 Å². The second-order valence-electron chi connectivity index (χ2n) is 4.81. The molecule has 0 bridgehead atoms. The fourth-order valence-electron chi connectivity index (χ4n) is 1.91. The average Bonchev–Trinajstić information content (AvgIpc) is 2.56. The molecule has 0 radical (unpaired) electrons. The molecule has 8 heteroatoms. The molecule has 0 aliphatic rings. The zero-order chi connectivity index (χ0) is 17.7. The van der Waals surface area contributed by atoms with E-state index < -0.39 is 15.7 Å². The van der Waals surface area contributed by atoms with Gasteiger partial charge in [0.05, 0.1) is 21.4 Å². The SMILES string of the molecule is CCS(=O)(=O)c1ccccc1NC(=O)COc1cc(Cl)ccc1Cl. The van der Waals surface area contributed by atoms with Gasteiger partial charge in [0.15, 0.2) is 16.4 Å². The predicted molar refractivity (Wildman–Crippen MR) is 94.8 cm³/mol. The molecule has 1 N–H and O–H groups in total. The largest absolute Gasteiger partial charge is 0.482 e. The third kappa shape index (κ3) is 4.63. The lowest BCUT2D eigenvalue weighted by atomic mass is 10.3. The van der Waals surface area contributed by atoms with Crippen LogP contribution in [0.5, 0.6) is 5.75 Å². The van der Waals surface area contributed by atoms with Crippen LogP contribution in [0.3, 0.4) is 0 Å². The van der Waals surface area contributed by atoms with Crippen LogP contribution < -0.4 is 10.1 Å². The van der Waals surface area contributed by atoms with Gasteiger partial charge in [-0.05, 0) is 24.3 Å². The Morgan fingerprint density at radius 3 is 2.58 bits per heavy atom. The van der Waals surface area contributed by atoms with Crippen molar-refractivity contribution in [3.8, 4) is 5.75 Å². The second-order valence-corrected chi connectivity index (χ2v) is 7.90. The van der Waals surface area contributed by atoms with Gasteiger partial charge in [-0.2, -0.15) is 0 Å². The molecule has 0 fully saturated rings. The van der Waals surface area contributed by atoms with Gasteiger partial charge in [-0.25, -0.2) is 8.42 Å². The van der Waals surface area contributed by atoms with Gasteiger partial charge in [-0.15, -0.1) is 0 Å². The average molecular weight is 388 g/mol. The van der Waals surface area contributed by atoms with E-state index in [4.69, 9.17) is 27.9 Å². The number of anilines is 1. The summed E-state index contributed by atoms with van der Waals surface area (Å²) in [4.78, 5) is 12.1. The summed E-state index contributed by atoms with van der Waals surface area (Å²) in [6, 6.07) is 10.9. The topological polar surface area (TPSA) is 72.5 Å². The van der Waals surface area contributed by atoms with Crippen LogP contribution in [0, 0.1) is 0 Å². The molecule has 0 aromatic heterocycles. The van der Waals surface area contributed by atoms with Crippen molar-refractivity contribution < 1.29 is 17.9 Å². The third-order valence-electron chi connectivity index (χ3n) is 3.13. The first-order chi connectivity index (χ1) is 11.3. The quantitative estimate of drug-likeness (QED) is 0.817. The van der Waals surface area contributed by atoms with Crippen molar-refractivity contribution in [3.63, 3.8) is 0 Å². The normalized spacial score (nSPS) is 11.1. The number of ether oxygens (including phenoxy) is 1. The smallest absolute Gasteiger partial charge is 0.262 e. The summed E-state index contributed by atoms with van der Waals surface area (Å²) < 4.78 is 29.4. The second kappa shape index (κ2) is 7.88. The van der Waals surface area contributed by atoms with Crippen molar-refractivity contribution in [1.82, 2.24) is 0 Å². The van der Waals surface area contributed by atoms with Gasteiger partial charge < -0.3 is 10.1 Å². The number of hydrogen-bond acceptors (Lipinski definition) is 4. The molecule has 5 nitrogen and oxygen atoms in total. The minimum Gasteiger partial charge on any atom is -0.482 e. The minimum absolute atomic E-state index is 0.0610. The van der Waals surface area contributed by atoms with Crippen molar-refractivity contribution in [2.75, 3.05) is 17.7 Å². The molecule has 128 valence electrons. The van der Waals surface area contributed by atoms with Gasteiger partial charge in [0, 0.05) is 11.1 Å². The molecule has 0 atom stereocenters. The molecule has 0 saturated carbocycles. The fraction of sp³-hybridized carbons (Fsp3) is 0.188. The third-order valence-corrected chi connectivity index (χ3v) is 5.46. The fourth-order valence-corrected chi connectivity index (χ4v) is 3.30. The Morgan fingerprint density at radius 1 is 1.17 bits per heavy atom. The van der Waals surface area contributed by atoms with Crippen molar-refractivity contribution in [2.45, 2.75) is 11.8 Å². The Labute approximate surface area is 150 Å². The molecule has 0 saturated heterocycles. The monoisotopic (exact) mass is 387 g/mol. The Morgan fingerprint density at radius 2 is 1.88 bits per heavy atom. The number of hydrogen-bond donors (Lipinski definition) is 1. The van der Waals surface area contributed by atoms with Gasteiger partial charge in [0.2, 0.25) is 0 Å². The van der Waals surface area contributed by atoms with Crippen molar-refractivity contribution >= 4 is 44.6 Å². The summed E-state index contributed by atoms with van der Waals surface area (Å²) in [5.41, 5.74) is 0.213. The van der Waals surface area contributed by atoms with Crippen LogP contribution >= 0.6 is 23.2 Å². The molecule has 2 aromatic rings. The standard InChI is InChI=1S/C16H15Cl2NO4S/c1-2-24(21,22)15-6-4-3-5-13(15)19-16(20)10-23-14-9-11(17)7-8-12(14)18/h3-9H,2,10H2,1H3,(H,19,20). The maximum absolute atomic E-state index is 12.1. The first-order valence-electron chi connectivity index (χ1n) is 7.03. The molecule has 0 heterocycles. The summed E-state index contributed by atoms with van der Waals surface area (Å²) >= 11 is 11.8. The highest BCUT2D eigenvalue weighted by molar-refractivity contribution is 7.91. The number of sulfone groups is 1. The van der Waals surface area contributed by atoms with Gasteiger partial charge in [-0.3, -0.25) is 4.79 Å². The molecule has 0 spiro atoms. The Hall–Kier alpha value is -1.76. The van der Waals surface area contributed by atoms with E-state index in [-0.39, 0.29) is 28.7 Å². The minimum atomic E-state index is -3.45. The van der Waals surface area contributed by atoms with E-state index in [1.54, 1.807) is 24.3 Å². The van der Waals surface area contributed by atoms with E-state index in [1.165, 1.54) is 25.1 Å². The summed E-state index contributed by atoms with van der Waals surface area (Å²) in [7, 11) is -3.45. The van der Waals surface area contributed by atoms with Gasteiger partial charge in [-0.1, -0.05) is 42.3 Å². The van der Waals surface area contributed by atoms with E-state index in [9.17, 15) is 13.2 Å². The van der Waals surface area contributed by atoms with E-state index >= 15 is 0 Å². The summed E-state index contributed by atoms with van der Waals surface area (Å²) in [6.07, 6.45) is 0. The Kier molecular flexibility index (Phi) is 6.10. The van der Waals surface area contributed by atoms with Crippen LogP contribution in [0.15, 0.2) is 47.4 Å². The highest BCUT2D eigenvalue weighted by Gasteiger charge is 2.17. The lowest BCUT2D eigenvalue weighted by Gasteiger charge is -2.12. The van der Waals surface area contributed by atoms with Crippen molar-refractivity contribution in [2.24, 2.45) is 0 Å². The van der Waals surface area contributed by atoms with Crippen LogP contribution in [0.25, 0.3) is 0 Å². The van der Waals surface area contributed by atoms with Crippen molar-refractivity contribution in [1.29, 1.82) is 0 Å². The van der Waals surface area contributed by atoms with Gasteiger partial charge in [0.25, 0.3) is 5.91 Å². The summed E-state index contributed by atoms with van der Waals surface area (Å²) in [5, 5.41) is 3.28. The molecule has 2 aromatic carbocycles. The number of rotatable bonds is 6. The number of amides is 1. The van der Waals surface area contributed by atoms with E-state index in [0.29, 0.717) is 10.0 Å². The molecule has 1 amide bonds. The van der Waals surface area contributed by atoms with Gasteiger partial charge >= 0.3 is 0 Å². The zero-order valence-electron chi connectivity index (χ0n) is 12.8. The maximum atomic E-state index is 12.1. The highest BCUT2D eigenvalue weighted by Crippen LogP contribution is 2.28. The molecule has 24 heavy (non-hydrogen) atoms. The van der Waals surface area contributed by atoms with Crippen LogP contribution in [0.1, 0.15) is 6.92 Å². The van der Waals surface area contributed by atoms with Gasteiger partial charge in [0.1, 0.15) is 5.75 Å². The predicted octanol–water partition coefficient (Wildman–Crippen LogP) is 3.80. The maximum Gasteiger partial charge on any atom is 0.262 e. The first kappa shape index (κ1) is 18.6. The number of halogens is 2. The number of benzene rings is 2. The first-order valence-corrected chi connectivity index (χ1v) is 9.44. The molecule has 0 unspecified atom stereocenters. The highest BCUT2D eigenvalue weighted by atomic mass is 35.5.